The van der Waals surface area contributed by atoms with Crippen LogP contribution in [0.3, 0.4) is 0 Å². The van der Waals surface area contributed by atoms with Crippen molar-refractivity contribution in [3.8, 4) is 0 Å². The Bertz CT molecular complexity index is 555. The van der Waals surface area contributed by atoms with Crippen molar-refractivity contribution >= 4 is 5.91 Å². The highest BCUT2D eigenvalue weighted by molar-refractivity contribution is 5.76. The van der Waals surface area contributed by atoms with Crippen LogP contribution in [0.25, 0.3) is 0 Å². The Morgan fingerprint density at radius 2 is 2.05 bits per heavy atom. The fourth-order valence-corrected chi connectivity index (χ4v) is 4.00. The van der Waals surface area contributed by atoms with Crippen molar-refractivity contribution in [1.29, 1.82) is 0 Å². The van der Waals surface area contributed by atoms with E-state index in [1.165, 1.54) is 25.3 Å². The van der Waals surface area contributed by atoms with Crippen molar-refractivity contribution in [2.75, 3.05) is 0 Å². The number of benzene rings is 1. The fraction of sp³-hybridized carbons (Fsp3) is 0.588. The minimum atomic E-state index is -4.34. The van der Waals surface area contributed by atoms with Crippen molar-refractivity contribution < 1.29 is 18.0 Å². The third-order valence-corrected chi connectivity index (χ3v) is 5.08. The topological polar surface area (TPSA) is 29.1 Å². The Morgan fingerprint density at radius 1 is 1.23 bits per heavy atom. The first-order chi connectivity index (χ1) is 10.4. The number of hydrogen-bond donors (Lipinski definition) is 1. The average molecular weight is 311 g/mol. The smallest absolute Gasteiger partial charge is 0.352 e. The van der Waals surface area contributed by atoms with E-state index in [1.807, 2.05) is 0 Å². The summed E-state index contributed by atoms with van der Waals surface area (Å²) in [5, 5.41) is 2.76. The zero-order valence-electron chi connectivity index (χ0n) is 12.3. The molecule has 1 aromatic carbocycles. The molecular weight excluding hydrogens is 291 g/mol. The molecule has 2 aliphatic rings. The SMILES string of the molecule is O=C(C[C@@H]1C[C@H]2CC[C@H]1C2)NCc1cccc(C(F)(F)F)c1. The number of hydrogen-bond acceptors (Lipinski definition) is 1. The molecule has 2 fully saturated rings. The lowest BCUT2D eigenvalue weighted by Gasteiger charge is -2.21. The number of carbonyl (C=O) groups is 1. The van der Waals surface area contributed by atoms with Crippen LogP contribution in [0, 0.1) is 17.8 Å². The number of rotatable bonds is 4. The monoisotopic (exact) mass is 311 g/mol. The predicted molar refractivity (Wildman–Crippen MR) is 76.8 cm³/mol. The average Bonchev–Trinajstić information content (AvgIpc) is 3.07. The molecule has 0 unspecified atom stereocenters. The quantitative estimate of drug-likeness (QED) is 0.889. The van der Waals surface area contributed by atoms with Gasteiger partial charge in [-0.1, -0.05) is 18.6 Å². The zero-order chi connectivity index (χ0) is 15.7. The Labute approximate surface area is 128 Å². The van der Waals surface area contributed by atoms with Crippen LogP contribution < -0.4 is 5.32 Å². The molecule has 2 aliphatic carbocycles. The molecule has 2 bridgehead atoms. The summed E-state index contributed by atoms with van der Waals surface area (Å²) in [6, 6.07) is 5.12. The van der Waals surface area contributed by atoms with Crippen molar-refractivity contribution in [3.05, 3.63) is 35.4 Å². The van der Waals surface area contributed by atoms with Gasteiger partial charge in [-0.15, -0.1) is 0 Å². The van der Waals surface area contributed by atoms with E-state index in [-0.39, 0.29) is 12.5 Å². The van der Waals surface area contributed by atoms with Crippen LogP contribution >= 0.6 is 0 Å². The fourth-order valence-electron chi connectivity index (χ4n) is 4.00. The summed E-state index contributed by atoms with van der Waals surface area (Å²) >= 11 is 0. The van der Waals surface area contributed by atoms with Gasteiger partial charge in [-0.2, -0.15) is 13.2 Å². The van der Waals surface area contributed by atoms with Gasteiger partial charge in [-0.05, 0) is 54.7 Å². The van der Waals surface area contributed by atoms with Gasteiger partial charge in [-0.3, -0.25) is 4.79 Å². The maximum absolute atomic E-state index is 12.6. The largest absolute Gasteiger partial charge is 0.416 e. The summed E-state index contributed by atoms with van der Waals surface area (Å²) in [6.07, 6.45) is 1.10. The maximum Gasteiger partial charge on any atom is 0.416 e. The van der Waals surface area contributed by atoms with Crippen LogP contribution in [0.15, 0.2) is 24.3 Å². The first-order valence-electron chi connectivity index (χ1n) is 7.84. The van der Waals surface area contributed by atoms with Crippen molar-refractivity contribution in [1.82, 2.24) is 5.32 Å². The molecule has 5 heteroatoms. The second-order valence-electron chi connectivity index (χ2n) is 6.61. The minimum Gasteiger partial charge on any atom is -0.352 e. The summed E-state index contributed by atoms with van der Waals surface area (Å²) in [4.78, 5) is 12.0. The molecule has 120 valence electrons. The normalized spacial score (nSPS) is 27.1. The maximum atomic E-state index is 12.6. The Morgan fingerprint density at radius 3 is 2.68 bits per heavy atom. The van der Waals surface area contributed by atoms with E-state index in [4.69, 9.17) is 0 Å². The summed E-state index contributed by atoms with van der Waals surface area (Å²) in [5.74, 6) is 1.91. The lowest BCUT2D eigenvalue weighted by atomic mass is 9.86. The van der Waals surface area contributed by atoms with E-state index < -0.39 is 11.7 Å². The molecule has 3 atom stereocenters. The molecule has 0 aliphatic heterocycles. The molecule has 0 saturated heterocycles. The van der Waals surface area contributed by atoms with Gasteiger partial charge < -0.3 is 5.32 Å². The Hall–Kier alpha value is -1.52. The van der Waals surface area contributed by atoms with Crippen LogP contribution in [0.5, 0.6) is 0 Å². The molecule has 1 aromatic rings. The van der Waals surface area contributed by atoms with Gasteiger partial charge >= 0.3 is 6.18 Å². The highest BCUT2D eigenvalue weighted by Crippen LogP contribution is 2.49. The van der Waals surface area contributed by atoms with E-state index in [9.17, 15) is 18.0 Å². The molecule has 2 saturated carbocycles. The number of alkyl halides is 3. The lowest BCUT2D eigenvalue weighted by Crippen LogP contribution is -2.27. The molecule has 0 spiro atoms. The molecule has 0 aromatic heterocycles. The molecular formula is C17H20F3NO. The van der Waals surface area contributed by atoms with Crippen molar-refractivity contribution in [2.24, 2.45) is 17.8 Å². The summed E-state index contributed by atoms with van der Waals surface area (Å²) in [6.45, 7) is 0.156. The predicted octanol–water partition coefficient (Wildman–Crippen LogP) is 4.15. The van der Waals surface area contributed by atoms with E-state index in [0.717, 1.165) is 24.5 Å². The number of nitrogens with one attached hydrogen (secondary N) is 1. The summed E-state index contributed by atoms with van der Waals surface area (Å²) in [5.41, 5.74) is -0.191. The van der Waals surface area contributed by atoms with Gasteiger partial charge in [-0.25, -0.2) is 0 Å². The molecule has 22 heavy (non-hydrogen) atoms. The summed E-state index contributed by atoms with van der Waals surface area (Å²) in [7, 11) is 0. The van der Waals surface area contributed by atoms with Crippen LogP contribution in [-0.2, 0) is 17.5 Å². The van der Waals surface area contributed by atoms with Gasteiger partial charge in [0.25, 0.3) is 0 Å². The third kappa shape index (κ3) is 3.45. The van der Waals surface area contributed by atoms with E-state index in [2.05, 4.69) is 5.32 Å². The first-order valence-corrected chi connectivity index (χ1v) is 7.84. The standard InChI is InChI=1S/C17H20F3NO/c18-17(19,20)15-3-1-2-12(8-15)10-21-16(22)9-14-7-11-4-5-13(14)6-11/h1-3,8,11,13-14H,4-7,9-10H2,(H,21,22)/t11-,13-,14-/m0/s1. The van der Waals surface area contributed by atoms with Gasteiger partial charge in [0, 0.05) is 13.0 Å². The zero-order valence-corrected chi connectivity index (χ0v) is 12.3. The van der Waals surface area contributed by atoms with Crippen LogP contribution in [0.4, 0.5) is 13.2 Å². The number of amides is 1. The molecule has 2 nitrogen and oxygen atoms in total. The number of carbonyl (C=O) groups excluding carboxylic acids is 1. The Kier molecular flexibility index (Phi) is 4.15. The molecule has 3 rings (SSSR count). The van der Waals surface area contributed by atoms with Crippen molar-refractivity contribution in [2.45, 2.75) is 44.8 Å². The minimum absolute atomic E-state index is 0.0463. The molecule has 1 N–H and O–H groups in total. The number of fused-ring (bicyclic) bond motifs is 2. The van der Waals surface area contributed by atoms with Gasteiger partial charge in [0.15, 0.2) is 0 Å². The van der Waals surface area contributed by atoms with Crippen molar-refractivity contribution in [3.63, 3.8) is 0 Å². The van der Waals surface area contributed by atoms with E-state index in [0.29, 0.717) is 23.8 Å². The molecule has 0 radical (unpaired) electrons. The van der Waals surface area contributed by atoms with E-state index in [1.54, 1.807) is 6.07 Å². The van der Waals surface area contributed by atoms with Crippen LogP contribution in [-0.4, -0.2) is 5.91 Å². The summed E-state index contributed by atoms with van der Waals surface area (Å²) < 4.78 is 37.9. The van der Waals surface area contributed by atoms with Gasteiger partial charge in [0.1, 0.15) is 0 Å². The van der Waals surface area contributed by atoms with Crippen LogP contribution in [0.2, 0.25) is 0 Å². The second kappa shape index (κ2) is 5.94. The first kappa shape index (κ1) is 15.4. The molecule has 1 amide bonds. The van der Waals surface area contributed by atoms with Crippen LogP contribution in [0.1, 0.15) is 43.2 Å². The highest BCUT2D eigenvalue weighted by Gasteiger charge is 2.40. The van der Waals surface area contributed by atoms with Gasteiger partial charge in [0.05, 0.1) is 5.56 Å². The highest BCUT2D eigenvalue weighted by atomic mass is 19.4. The Balaban J connectivity index is 1.51. The third-order valence-electron chi connectivity index (χ3n) is 5.08. The van der Waals surface area contributed by atoms with E-state index >= 15 is 0 Å². The van der Waals surface area contributed by atoms with Gasteiger partial charge in [0.2, 0.25) is 5.91 Å². The second-order valence-corrected chi connectivity index (χ2v) is 6.61. The number of halogens is 3. The molecule has 0 heterocycles. The lowest BCUT2D eigenvalue weighted by molar-refractivity contribution is -0.137.